The number of aromatic nitrogens is 2. The van der Waals surface area contributed by atoms with E-state index in [1.54, 1.807) is 17.0 Å². The molecule has 8 nitrogen and oxygen atoms in total. The van der Waals surface area contributed by atoms with E-state index in [-0.39, 0.29) is 17.5 Å². The van der Waals surface area contributed by atoms with Gasteiger partial charge >= 0.3 is 0 Å². The number of amides is 1. The Hall–Kier alpha value is -3.26. The number of nitro groups is 1. The summed E-state index contributed by atoms with van der Waals surface area (Å²) in [7, 11) is 0. The number of halogens is 1. The van der Waals surface area contributed by atoms with Crippen molar-refractivity contribution in [1.29, 1.82) is 0 Å². The first-order valence-corrected chi connectivity index (χ1v) is 9.52. The molecule has 0 bridgehead atoms. The van der Waals surface area contributed by atoms with Crippen molar-refractivity contribution >= 4 is 23.2 Å². The molecular weight excluding hydrogens is 396 g/mol. The Labute approximate surface area is 171 Å². The Balaban J connectivity index is 1.48. The first-order valence-electron chi connectivity index (χ1n) is 9.14. The van der Waals surface area contributed by atoms with Gasteiger partial charge in [0.05, 0.1) is 10.8 Å². The highest BCUT2D eigenvalue weighted by Gasteiger charge is 2.29. The average molecular weight is 413 g/mol. The first-order chi connectivity index (χ1) is 14.0. The Morgan fingerprint density at radius 3 is 2.76 bits per heavy atom. The molecule has 2 heterocycles. The van der Waals surface area contributed by atoms with Crippen molar-refractivity contribution in [2.24, 2.45) is 0 Å². The molecule has 0 spiro atoms. The fourth-order valence-corrected chi connectivity index (χ4v) is 3.61. The van der Waals surface area contributed by atoms with Crippen molar-refractivity contribution in [3.8, 4) is 11.4 Å². The highest BCUT2D eigenvalue weighted by molar-refractivity contribution is 6.30. The van der Waals surface area contributed by atoms with Crippen LogP contribution in [0.25, 0.3) is 11.4 Å². The minimum absolute atomic E-state index is 0.0440. The van der Waals surface area contributed by atoms with Gasteiger partial charge in [-0.1, -0.05) is 28.9 Å². The molecule has 1 atom stereocenters. The van der Waals surface area contributed by atoms with Gasteiger partial charge in [-0.15, -0.1) is 0 Å². The van der Waals surface area contributed by atoms with Gasteiger partial charge in [0.25, 0.3) is 11.6 Å². The third-order valence-electron chi connectivity index (χ3n) is 4.91. The van der Waals surface area contributed by atoms with E-state index in [4.69, 9.17) is 16.1 Å². The van der Waals surface area contributed by atoms with Gasteiger partial charge in [0, 0.05) is 41.4 Å². The van der Waals surface area contributed by atoms with Crippen LogP contribution in [0.4, 0.5) is 5.69 Å². The van der Waals surface area contributed by atoms with E-state index in [9.17, 15) is 14.9 Å². The van der Waals surface area contributed by atoms with E-state index >= 15 is 0 Å². The second-order valence-corrected chi connectivity index (χ2v) is 7.30. The van der Waals surface area contributed by atoms with Gasteiger partial charge in [0.1, 0.15) is 0 Å². The number of benzene rings is 2. The third kappa shape index (κ3) is 4.12. The third-order valence-corrected chi connectivity index (χ3v) is 5.14. The van der Waals surface area contributed by atoms with Gasteiger partial charge in [-0.25, -0.2) is 0 Å². The van der Waals surface area contributed by atoms with Gasteiger partial charge < -0.3 is 9.42 Å². The zero-order chi connectivity index (χ0) is 20.4. The van der Waals surface area contributed by atoms with E-state index in [1.165, 1.54) is 24.3 Å². The number of likely N-dealkylation sites (tertiary alicyclic amines) is 1. The largest absolute Gasteiger partial charge is 0.339 e. The maximum atomic E-state index is 12.8. The number of piperidine rings is 1. The van der Waals surface area contributed by atoms with Crippen molar-refractivity contribution in [2.45, 2.75) is 18.8 Å². The van der Waals surface area contributed by atoms with Gasteiger partial charge in [-0.3, -0.25) is 14.9 Å². The van der Waals surface area contributed by atoms with Crippen LogP contribution in [0.5, 0.6) is 0 Å². The predicted molar refractivity (Wildman–Crippen MR) is 106 cm³/mol. The van der Waals surface area contributed by atoms with Crippen molar-refractivity contribution < 1.29 is 14.2 Å². The van der Waals surface area contributed by atoms with E-state index in [1.807, 2.05) is 12.1 Å². The Kier molecular flexibility index (Phi) is 5.26. The van der Waals surface area contributed by atoms with Crippen LogP contribution < -0.4 is 0 Å². The summed E-state index contributed by atoms with van der Waals surface area (Å²) in [6, 6.07) is 12.8. The van der Waals surface area contributed by atoms with E-state index < -0.39 is 4.92 Å². The van der Waals surface area contributed by atoms with Crippen LogP contribution in [0.2, 0.25) is 5.02 Å². The fourth-order valence-electron chi connectivity index (χ4n) is 3.42. The molecule has 0 aliphatic carbocycles. The second-order valence-electron chi connectivity index (χ2n) is 6.86. The molecule has 0 saturated carbocycles. The number of non-ortho nitro benzene ring substituents is 1. The molecule has 0 N–H and O–H groups in total. The normalized spacial score (nSPS) is 16.6. The highest BCUT2D eigenvalue weighted by atomic mass is 35.5. The number of nitro benzene ring substituents is 1. The van der Waals surface area contributed by atoms with Gasteiger partial charge in [0.2, 0.25) is 11.7 Å². The molecule has 1 aliphatic rings. The molecule has 1 unspecified atom stereocenters. The van der Waals surface area contributed by atoms with E-state index in [0.29, 0.717) is 35.4 Å². The van der Waals surface area contributed by atoms with Crippen LogP contribution in [0.3, 0.4) is 0 Å². The van der Waals surface area contributed by atoms with Crippen LogP contribution >= 0.6 is 11.6 Å². The molecule has 1 aliphatic heterocycles. The lowest BCUT2D eigenvalue weighted by molar-refractivity contribution is -0.384. The maximum absolute atomic E-state index is 12.8. The average Bonchev–Trinajstić information content (AvgIpc) is 3.24. The summed E-state index contributed by atoms with van der Waals surface area (Å²) in [4.78, 5) is 29.3. The summed E-state index contributed by atoms with van der Waals surface area (Å²) in [6.45, 7) is 1.06. The first kappa shape index (κ1) is 19.1. The number of hydrogen-bond donors (Lipinski definition) is 0. The fraction of sp³-hybridized carbons (Fsp3) is 0.250. The monoisotopic (exact) mass is 412 g/mol. The molecule has 148 valence electrons. The number of hydrogen-bond acceptors (Lipinski definition) is 6. The molecular formula is C20H17ClN4O4. The second kappa shape index (κ2) is 8.00. The molecule has 9 heteroatoms. The molecule has 0 radical (unpaired) electrons. The standard InChI is InChI=1S/C20H17ClN4O4/c21-16-5-1-3-14(11-16)18-22-19(29-23-18)15-4-2-10-24(12-15)20(26)13-6-8-17(9-7-13)25(27)28/h1,3,5-9,11,15H,2,4,10,12H2. The molecule has 4 rings (SSSR count). The lowest BCUT2D eigenvalue weighted by Gasteiger charge is -2.31. The molecule has 1 saturated heterocycles. The van der Waals surface area contributed by atoms with Crippen molar-refractivity contribution in [3.63, 3.8) is 0 Å². The lowest BCUT2D eigenvalue weighted by atomic mass is 9.97. The number of nitrogens with zero attached hydrogens (tertiary/aromatic N) is 4. The molecule has 1 fully saturated rings. The van der Waals surface area contributed by atoms with Crippen LogP contribution in [0, 0.1) is 10.1 Å². The topological polar surface area (TPSA) is 102 Å². The van der Waals surface area contributed by atoms with Crippen LogP contribution in [0.15, 0.2) is 53.1 Å². The summed E-state index contributed by atoms with van der Waals surface area (Å²) in [5.74, 6) is 0.716. The molecule has 3 aromatic rings. The lowest BCUT2D eigenvalue weighted by Crippen LogP contribution is -2.39. The highest BCUT2D eigenvalue weighted by Crippen LogP contribution is 2.29. The predicted octanol–water partition coefficient (Wildman–Crippen LogP) is 4.32. The smallest absolute Gasteiger partial charge is 0.269 e. The van der Waals surface area contributed by atoms with E-state index in [0.717, 1.165) is 18.4 Å². The van der Waals surface area contributed by atoms with Crippen LogP contribution in [0.1, 0.15) is 35.0 Å². The quantitative estimate of drug-likeness (QED) is 0.467. The summed E-state index contributed by atoms with van der Waals surface area (Å²) >= 11 is 6.02. The van der Waals surface area contributed by atoms with Crippen LogP contribution in [-0.2, 0) is 0 Å². The SMILES string of the molecule is O=C(c1ccc([N+](=O)[O-])cc1)N1CCCC(c2nc(-c3cccc(Cl)c3)no2)C1. The summed E-state index contributed by atoms with van der Waals surface area (Å²) in [6.07, 6.45) is 1.64. The molecule has 1 aromatic heterocycles. The number of rotatable bonds is 4. The van der Waals surface area contributed by atoms with Gasteiger partial charge in [-0.05, 0) is 37.1 Å². The minimum atomic E-state index is -0.488. The van der Waals surface area contributed by atoms with Gasteiger partial charge in [0.15, 0.2) is 0 Å². The summed E-state index contributed by atoms with van der Waals surface area (Å²) < 4.78 is 5.46. The number of carbonyl (C=O) groups excluding carboxylic acids is 1. The minimum Gasteiger partial charge on any atom is -0.339 e. The van der Waals surface area contributed by atoms with Crippen LogP contribution in [-0.4, -0.2) is 39.0 Å². The maximum Gasteiger partial charge on any atom is 0.269 e. The summed E-state index contributed by atoms with van der Waals surface area (Å²) in [5.41, 5.74) is 1.14. The van der Waals surface area contributed by atoms with Crippen molar-refractivity contribution in [3.05, 3.63) is 75.1 Å². The zero-order valence-electron chi connectivity index (χ0n) is 15.3. The van der Waals surface area contributed by atoms with Gasteiger partial charge in [-0.2, -0.15) is 4.98 Å². The molecule has 29 heavy (non-hydrogen) atoms. The van der Waals surface area contributed by atoms with Crippen molar-refractivity contribution in [2.75, 3.05) is 13.1 Å². The summed E-state index contributed by atoms with van der Waals surface area (Å²) in [5, 5.41) is 15.4. The Morgan fingerprint density at radius 1 is 1.24 bits per heavy atom. The Morgan fingerprint density at radius 2 is 2.03 bits per heavy atom. The van der Waals surface area contributed by atoms with Crippen molar-refractivity contribution in [1.82, 2.24) is 15.0 Å². The molecule has 2 aromatic carbocycles. The number of carbonyl (C=O) groups is 1. The zero-order valence-corrected chi connectivity index (χ0v) is 16.1. The Bertz CT molecular complexity index is 1050. The molecule has 1 amide bonds. The van der Waals surface area contributed by atoms with E-state index in [2.05, 4.69) is 10.1 Å².